The molecule has 0 unspecified atom stereocenters. The first kappa shape index (κ1) is 13.4. The first-order valence-electron chi connectivity index (χ1n) is 4.90. The molecule has 0 aliphatic rings. The van der Waals surface area contributed by atoms with E-state index in [1.807, 2.05) is 6.92 Å². The van der Waals surface area contributed by atoms with Crippen molar-refractivity contribution in [1.29, 1.82) is 0 Å². The van der Waals surface area contributed by atoms with Gasteiger partial charge in [-0.2, -0.15) is 0 Å². The summed E-state index contributed by atoms with van der Waals surface area (Å²) in [7, 11) is 0. The maximum atomic E-state index is 9.57. The van der Waals surface area contributed by atoms with E-state index in [-0.39, 0.29) is 0 Å². The Kier molecular flexibility index (Phi) is 5.13. The van der Waals surface area contributed by atoms with E-state index in [0.717, 1.165) is 5.57 Å². The zero-order chi connectivity index (χ0) is 12.1. The van der Waals surface area contributed by atoms with E-state index in [4.69, 9.17) is 27.9 Å². The van der Waals surface area contributed by atoms with Crippen LogP contribution in [0.2, 0.25) is 5.02 Å². The molecule has 0 aliphatic heterocycles. The normalized spacial score (nSPS) is 13.7. The van der Waals surface area contributed by atoms with Crippen molar-refractivity contribution in [1.82, 2.24) is 0 Å². The molecule has 0 heterocycles. The number of ether oxygens (including phenoxy) is 1. The largest absolute Gasteiger partial charge is 0.489 e. The van der Waals surface area contributed by atoms with E-state index in [1.54, 1.807) is 25.1 Å². The lowest BCUT2D eigenvalue weighted by Crippen LogP contribution is -2.03. The lowest BCUT2D eigenvalue weighted by molar-refractivity contribution is 0.192. The molecule has 88 valence electrons. The zero-order valence-electron chi connectivity index (χ0n) is 9.21. The van der Waals surface area contributed by atoms with Crippen LogP contribution in [0.3, 0.4) is 0 Å². The number of rotatable bonds is 4. The van der Waals surface area contributed by atoms with Gasteiger partial charge in [0.25, 0.3) is 0 Å². The van der Waals surface area contributed by atoms with Crippen LogP contribution in [0.1, 0.15) is 25.5 Å². The van der Waals surface area contributed by atoms with Gasteiger partial charge in [0.05, 0.1) is 6.10 Å². The Hall–Kier alpha value is -0.700. The summed E-state index contributed by atoms with van der Waals surface area (Å²) in [6.45, 7) is 3.93. The molecule has 1 aromatic rings. The van der Waals surface area contributed by atoms with Gasteiger partial charge in [-0.25, -0.2) is 0 Å². The number of halogens is 2. The minimum Gasteiger partial charge on any atom is -0.489 e. The Morgan fingerprint density at radius 3 is 2.81 bits per heavy atom. The van der Waals surface area contributed by atoms with Crippen molar-refractivity contribution >= 4 is 23.2 Å². The van der Waals surface area contributed by atoms with E-state index >= 15 is 0 Å². The monoisotopic (exact) mass is 260 g/mol. The number of benzene rings is 1. The molecule has 0 spiro atoms. The van der Waals surface area contributed by atoms with Crippen LogP contribution in [-0.2, 0) is 0 Å². The fourth-order valence-corrected chi connectivity index (χ4v) is 1.44. The predicted octanol–water partition coefficient (Wildman–Crippen LogP) is 3.91. The van der Waals surface area contributed by atoms with Gasteiger partial charge in [-0.3, -0.25) is 0 Å². The molecule has 0 aliphatic carbocycles. The van der Waals surface area contributed by atoms with Gasteiger partial charge in [-0.15, -0.1) is 0 Å². The summed E-state index contributed by atoms with van der Waals surface area (Å²) in [6.07, 6.45) is -0.617. The molecule has 0 fully saturated rings. The van der Waals surface area contributed by atoms with Crippen molar-refractivity contribution < 1.29 is 9.84 Å². The van der Waals surface area contributed by atoms with Gasteiger partial charge < -0.3 is 9.84 Å². The number of aliphatic hydroxyl groups is 1. The number of aliphatic hydroxyl groups excluding tert-OH is 1. The summed E-state index contributed by atoms with van der Waals surface area (Å²) in [5.41, 5.74) is 3.06. The van der Waals surface area contributed by atoms with Crippen LogP contribution >= 0.6 is 23.2 Å². The average molecular weight is 261 g/mol. The lowest BCUT2D eigenvalue weighted by atomic mass is 10.1. The van der Waals surface area contributed by atoms with Crippen LogP contribution in [0.4, 0.5) is 0 Å². The van der Waals surface area contributed by atoms with E-state index < -0.39 is 6.10 Å². The minimum atomic E-state index is -0.617. The van der Waals surface area contributed by atoms with Crippen LogP contribution < -0.4 is 4.74 Å². The van der Waals surface area contributed by atoms with Crippen LogP contribution in [0.5, 0.6) is 5.75 Å². The standard InChI is InChI=1S/C12H14Cl2O2/c1-8(6-13)7-16-12-4-3-10(14)5-11(12)9(2)15/h3-6,9,15H,7H2,1-2H3/b8-6+/t9-/m1/s1. The summed E-state index contributed by atoms with van der Waals surface area (Å²) >= 11 is 11.4. The van der Waals surface area contributed by atoms with Gasteiger partial charge in [0.15, 0.2) is 0 Å². The van der Waals surface area contributed by atoms with Crippen molar-refractivity contribution in [3.05, 3.63) is 39.9 Å². The van der Waals surface area contributed by atoms with Gasteiger partial charge >= 0.3 is 0 Å². The molecule has 1 aromatic carbocycles. The van der Waals surface area contributed by atoms with Gasteiger partial charge in [-0.1, -0.05) is 23.2 Å². The van der Waals surface area contributed by atoms with Crippen molar-refractivity contribution in [2.75, 3.05) is 6.61 Å². The van der Waals surface area contributed by atoms with E-state index in [0.29, 0.717) is 22.9 Å². The Bertz CT molecular complexity index is 387. The van der Waals surface area contributed by atoms with Gasteiger partial charge in [0.1, 0.15) is 12.4 Å². The quantitative estimate of drug-likeness (QED) is 0.890. The molecule has 1 N–H and O–H groups in total. The third-order valence-electron chi connectivity index (χ3n) is 2.06. The van der Waals surface area contributed by atoms with E-state index in [9.17, 15) is 5.11 Å². The van der Waals surface area contributed by atoms with E-state index in [1.165, 1.54) is 5.54 Å². The molecular formula is C12H14Cl2O2. The summed E-state index contributed by atoms with van der Waals surface area (Å²) in [6, 6.07) is 5.16. The topological polar surface area (TPSA) is 29.5 Å². The second-order valence-electron chi connectivity index (χ2n) is 3.60. The molecule has 0 bridgehead atoms. The maximum absolute atomic E-state index is 9.57. The van der Waals surface area contributed by atoms with E-state index in [2.05, 4.69) is 0 Å². The van der Waals surface area contributed by atoms with Crippen LogP contribution in [0.25, 0.3) is 0 Å². The SMILES string of the molecule is C/C(=C\Cl)COc1ccc(Cl)cc1[C@@H](C)O. The highest BCUT2D eigenvalue weighted by molar-refractivity contribution is 6.30. The molecule has 4 heteroatoms. The van der Waals surface area contributed by atoms with Crippen molar-refractivity contribution in [3.8, 4) is 5.75 Å². The van der Waals surface area contributed by atoms with Crippen molar-refractivity contribution in [2.24, 2.45) is 0 Å². The minimum absolute atomic E-state index is 0.394. The molecule has 16 heavy (non-hydrogen) atoms. The smallest absolute Gasteiger partial charge is 0.125 e. The highest BCUT2D eigenvalue weighted by Gasteiger charge is 2.09. The fraction of sp³-hybridized carbons (Fsp3) is 0.333. The molecule has 0 amide bonds. The molecule has 1 atom stereocenters. The lowest BCUT2D eigenvalue weighted by Gasteiger charge is -2.13. The second-order valence-corrected chi connectivity index (χ2v) is 4.26. The molecule has 0 radical (unpaired) electrons. The van der Waals surface area contributed by atoms with Gasteiger partial charge in [0, 0.05) is 16.1 Å². The van der Waals surface area contributed by atoms with Crippen molar-refractivity contribution in [3.63, 3.8) is 0 Å². The Morgan fingerprint density at radius 1 is 1.56 bits per heavy atom. The van der Waals surface area contributed by atoms with Gasteiger partial charge in [0.2, 0.25) is 0 Å². The first-order chi connectivity index (χ1) is 7.54. The summed E-state index contributed by atoms with van der Waals surface area (Å²) < 4.78 is 5.53. The molecule has 0 aromatic heterocycles. The summed E-state index contributed by atoms with van der Waals surface area (Å²) in [5, 5.41) is 10.1. The Morgan fingerprint density at radius 2 is 2.25 bits per heavy atom. The molecule has 0 saturated carbocycles. The molecular weight excluding hydrogens is 247 g/mol. The summed E-state index contributed by atoms with van der Waals surface area (Å²) in [4.78, 5) is 0. The second kappa shape index (κ2) is 6.14. The zero-order valence-corrected chi connectivity index (χ0v) is 10.7. The van der Waals surface area contributed by atoms with Crippen molar-refractivity contribution in [2.45, 2.75) is 20.0 Å². The Balaban J connectivity index is 2.87. The fourth-order valence-electron chi connectivity index (χ4n) is 1.20. The molecule has 1 rings (SSSR count). The number of hydrogen-bond acceptors (Lipinski definition) is 2. The van der Waals surface area contributed by atoms with Crippen LogP contribution in [-0.4, -0.2) is 11.7 Å². The van der Waals surface area contributed by atoms with Crippen LogP contribution in [0.15, 0.2) is 29.3 Å². The summed E-state index contributed by atoms with van der Waals surface area (Å²) in [5.74, 6) is 0.622. The average Bonchev–Trinajstić information content (AvgIpc) is 2.26. The predicted molar refractivity (Wildman–Crippen MR) is 67.2 cm³/mol. The number of hydrogen-bond donors (Lipinski definition) is 1. The third-order valence-corrected chi connectivity index (χ3v) is 2.67. The highest BCUT2D eigenvalue weighted by Crippen LogP contribution is 2.28. The molecule has 0 saturated heterocycles. The Labute approximate surface area is 105 Å². The maximum Gasteiger partial charge on any atom is 0.125 e. The van der Waals surface area contributed by atoms with Crippen LogP contribution in [0, 0.1) is 0 Å². The van der Waals surface area contributed by atoms with Gasteiger partial charge in [-0.05, 0) is 37.6 Å². The molecule has 2 nitrogen and oxygen atoms in total. The highest BCUT2D eigenvalue weighted by atomic mass is 35.5. The first-order valence-corrected chi connectivity index (χ1v) is 5.72. The third kappa shape index (κ3) is 3.71.